The Morgan fingerprint density at radius 1 is 0.0667 bits per heavy atom. The first-order chi connectivity index (χ1) is 0. The number of halogens is 25. The van der Waals surface area contributed by atoms with Gasteiger partial charge in [0.2, 0.25) is 0 Å². The molecule has 0 amide bonds. The van der Waals surface area contributed by atoms with Crippen LogP contribution in [0.4, 0.5) is 0 Å². The average Bonchev–Trinajstić information content (AvgIpc) is 0. The topological polar surface area (TPSA) is 0 Å². The van der Waals surface area contributed by atoms with Crippen molar-refractivity contribution in [1.82, 2.24) is 0 Å². The first-order valence-electron chi connectivity index (χ1n) is 0. The third-order valence-electron chi connectivity index (χ3n) is 0. The van der Waals surface area contributed by atoms with Crippen LogP contribution in [0.3, 0.4) is 0 Å². The Kier molecular flexibility index (Phi) is 2460. The second kappa shape index (κ2) is 264. The minimum Gasteiger partial charge on any atom is -1.00 e. The number of hydrogen-bond donors (Lipinski definition) is 0. The molecule has 0 unspecified atom stereocenters. The second-order valence-corrected chi connectivity index (χ2v) is 0. The Hall–Kier alpha value is 22.0. The Balaban J connectivity index is 0. The fourth-order valence-corrected chi connectivity index (χ4v) is 0. The molecule has 30 heteroatoms. The predicted molar refractivity (Wildman–Crippen MR) is 0 cm³/mol. The van der Waals surface area contributed by atoms with Gasteiger partial charge in [0.1, 0.15) is 0 Å². The zero-order valence-electron chi connectivity index (χ0n) is 11.7. The summed E-state index contributed by atoms with van der Waals surface area (Å²) in [7, 11) is 0. The van der Waals surface area contributed by atoms with E-state index in [1.165, 1.54) is 0 Å². The van der Waals surface area contributed by atoms with Crippen LogP contribution >= 0.6 is 0 Å². The predicted octanol–water partition coefficient (Wildman–Crippen LogP) is -74.9. The molecule has 0 aromatic rings. The summed E-state index contributed by atoms with van der Waals surface area (Å²) in [5, 5.41) is 0. The van der Waals surface area contributed by atoms with Gasteiger partial charge in [0.25, 0.3) is 0 Å². The molecule has 30 heavy (non-hydrogen) atoms. The summed E-state index contributed by atoms with van der Waals surface area (Å²) in [6, 6.07) is 0. The third-order valence-corrected chi connectivity index (χ3v) is 0. The van der Waals surface area contributed by atoms with Gasteiger partial charge in [0.15, 0.2) is 0 Å². The van der Waals surface area contributed by atoms with Gasteiger partial charge < -0.3 is 599 Å². The van der Waals surface area contributed by atoms with Crippen LogP contribution in [0.25, 0.3) is 0 Å². The summed E-state index contributed by atoms with van der Waals surface area (Å²) in [5.74, 6) is 0. The van der Waals surface area contributed by atoms with Gasteiger partial charge in [-0.3, -0.25) is 0 Å². The van der Waals surface area contributed by atoms with E-state index in [2.05, 4.69) is 0 Å². The zero-order chi connectivity index (χ0) is 0. The molecule has 0 radical (unpaired) electrons. The van der Waals surface area contributed by atoms with Crippen molar-refractivity contribution in [3.05, 3.63) is 0 Å². The van der Waals surface area contributed by atoms with Crippen molar-refractivity contribution in [2.24, 2.45) is 0 Å². The zero-order valence-corrected chi connectivity index (χ0v) is 76.6. The van der Waals surface area contributed by atoms with Crippen LogP contribution < -0.4 is 599 Å². The summed E-state index contributed by atoms with van der Waals surface area (Å²) < 4.78 is 0. The van der Waals surface area contributed by atoms with Crippen LogP contribution in [0.15, 0.2) is 0 Å². The molecule has 0 saturated heterocycles. The van der Waals surface area contributed by atoms with Gasteiger partial charge in [0, 0.05) is 0 Å². The molecule has 0 spiro atoms. The maximum atomic E-state index is 0. The molecule has 0 aromatic carbocycles. The van der Waals surface area contributed by atoms with Crippen LogP contribution in [0.1, 0.15) is 0 Å². The van der Waals surface area contributed by atoms with E-state index in [4.69, 9.17) is 0 Å². The Morgan fingerprint density at radius 2 is 0.0667 bits per heavy atom. The van der Waals surface area contributed by atoms with Crippen LogP contribution in [0, 0.1) is 0 Å². The van der Waals surface area contributed by atoms with E-state index in [0.29, 0.717) is 0 Å². The Bertz CT molecular complexity index is 19.5. The molecule has 200 valence electrons. The van der Waals surface area contributed by atoms with Crippen molar-refractivity contribution >= 4 is 0 Å². The largest absolute Gasteiger partial charge is 5.00 e. The molecule has 0 rings (SSSR count). The van der Waals surface area contributed by atoms with Gasteiger partial charge in [-0.25, -0.2) is 0 Å². The SMILES string of the molecule is [I-].[I-].[I-].[I-].[I-].[I-].[I-].[I-].[I-].[I-].[I-].[I-].[I-].[I-].[I-].[I-].[I-].[I-].[I-].[I-].[I-].[I-].[I-].[I-].[I-].[Nb+5].[Nb+5].[Nb+5].[Nb+5].[Nb+5]. The molecule has 0 fully saturated rings. The monoisotopic (exact) mass is 3640 g/mol. The van der Waals surface area contributed by atoms with Gasteiger partial charge in [-0.2, -0.15) is 0 Å². The van der Waals surface area contributed by atoms with Gasteiger partial charge in [-0.1, -0.05) is 0 Å². The molecule has 0 aromatic heterocycles. The van der Waals surface area contributed by atoms with Crippen molar-refractivity contribution in [3.8, 4) is 0 Å². The molecule has 0 aliphatic carbocycles. The van der Waals surface area contributed by atoms with E-state index in [0.717, 1.165) is 0 Å². The van der Waals surface area contributed by atoms with Gasteiger partial charge in [0.05, 0.1) is 0 Å². The van der Waals surface area contributed by atoms with Crippen molar-refractivity contribution in [3.63, 3.8) is 0 Å². The maximum absolute atomic E-state index is 0. The molecule has 0 aliphatic rings. The normalized spacial score (nSPS) is 0. The smallest absolute Gasteiger partial charge is 1.00 e. The maximum Gasteiger partial charge on any atom is 5.00 e. The molecule has 0 saturated carbocycles. The summed E-state index contributed by atoms with van der Waals surface area (Å²) in [6.45, 7) is 0. The van der Waals surface area contributed by atoms with Gasteiger partial charge in [-0.05, 0) is 0 Å². The van der Waals surface area contributed by atoms with Crippen LogP contribution in [0.2, 0.25) is 0 Å². The van der Waals surface area contributed by atoms with Crippen LogP contribution in [-0.4, -0.2) is 0 Å². The molecule has 0 heterocycles. The summed E-state index contributed by atoms with van der Waals surface area (Å²) in [5.41, 5.74) is 0. The van der Waals surface area contributed by atoms with Crippen molar-refractivity contribution < 1.29 is 711 Å². The molecule has 0 atom stereocenters. The van der Waals surface area contributed by atoms with Crippen LogP contribution in [-0.2, 0) is 112 Å². The number of rotatable bonds is 0. The van der Waals surface area contributed by atoms with E-state index in [1.807, 2.05) is 0 Å². The van der Waals surface area contributed by atoms with Crippen LogP contribution in [0.5, 0.6) is 0 Å². The minimum atomic E-state index is 0. The summed E-state index contributed by atoms with van der Waals surface area (Å²) in [4.78, 5) is 0. The van der Waals surface area contributed by atoms with E-state index < -0.39 is 0 Å². The molecule has 0 nitrogen and oxygen atoms in total. The van der Waals surface area contributed by atoms with E-state index in [-0.39, 0.29) is 711 Å². The Labute approximate surface area is 688 Å². The summed E-state index contributed by atoms with van der Waals surface area (Å²) >= 11 is 0. The minimum absolute atomic E-state index is 0. The quantitative estimate of drug-likeness (QED) is 0.168. The van der Waals surface area contributed by atoms with Crippen molar-refractivity contribution in [2.45, 2.75) is 0 Å². The van der Waals surface area contributed by atoms with Crippen molar-refractivity contribution in [1.29, 1.82) is 0 Å². The standard InChI is InChI=1S/25HI.5Nb/h25*1H;;;;;/q;;;;;;;;;;;;;;;;;;;;;;;;;5*+5/p-25. The van der Waals surface area contributed by atoms with Gasteiger partial charge in [-0.15, -0.1) is 0 Å². The van der Waals surface area contributed by atoms with E-state index in [9.17, 15) is 0 Å². The fraction of sp³-hybridized carbons (Fsp3) is 0. The molecule has 0 aliphatic heterocycles. The molecular formula is I25Nb5. The van der Waals surface area contributed by atoms with E-state index in [1.54, 1.807) is 0 Å². The molecule has 0 bridgehead atoms. The van der Waals surface area contributed by atoms with Gasteiger partial charge >= 0.3 is 112 Å². The first-order valence-corrected chi connectivity index (χ1v) is 0. The van der Waals surface area contributed by atoms with Crippen molar-refractivity contribution in [2.75, 3.05) is 0 Å². The molecular weight excluding hydrogens is 3640 g/mol. The molecule has 0 N–H and O–H groups in total. The van der Waals surface area contributed by atoms with E-state index >= 15 is 0 Å². The summed E-state index contributed by atoms with van der Waals surface area (Å²) in [6.07, 6.45) is 0. The number of hydrogen-bond acceptors (Lipinski definition) is 0. The third kappa shape index (κ3) is 248. The first kappa shape index (κ1) is 280. The second-order valence-electron chi connectivity index (χ2n) is 0. The fourth-order valence-electron chi connectivity index (χ4n) is 0. The Morgan fingerprint density at radius 3 is 0.0667 bits per heavy atom. The average molecular weight is 3640 g/mol.